The Bertz CT molecular complexity index is 244. The number of epoxide rings is 1. The molecule has 0 spiro atoms. The second kappa shape index (κ2) is 3.73. The van der Waals surface area contributed by atoms with Gasteiger partial charge in [0.15, 0.2) is 0 Å². The lowest BCUT2D eigenvalue weighted by molar-refractivity contribution is -0.241. The van der Waals surface area contributed by atoms with E-state index in [0.717, 1.165) is 10.8 Å². The molecule has 2 aliphatic heterocycles. The minimum absolute atomic E-state index is 0.213. The molecule has 3 atom stereocenters. The van der Waals surface area contributed by atoms with Gasteiger partial charge in [0.2, 0.25) is 5.79 Å². The summed E-state index contributed by atoms with van der Waals surface area (Å²) >= 11 is 2.29. The van der Waals surface area contributed by atoms with Crippen molar-refractivity contribution in [1.29, 1.82) is 0 Å². The zero-order valence-electron chi connectivity index (χ0n) is 8.29. The van der Waals surface area contributed by atoms with Crippen LogP contribution in [0, 0.1) is 0 Å². The molecule has 80 valence electrons. The number of hydrogen-bond acceptors (Lipinski definition) is 3. The van der Waals surface area contributed by atoms with Crippen LogP contribution in [0.4, 0.5) is 0 Å². The maximum atomic E-state index is 5.81. The predicted octanol–water partition coefficient (Wildman–Crippen LogP) is 1.90. The number of hydrogen-bond donors (Lipinski definition) is 0. The van der Waals surface area contributed by atoms with Crippen molar-refractivity contribution in [3.05, 3.63) is 12.7 Å². The minimum atomic E-state index is -0.527. The van der Waals surface area contributed by atoms with Crippen molar-refractivity contribution in [2.45, 2.75) is 30.8 Å². The number of fused-ring (bicyclic) bond motifs is 1. The highest BCUT2D eigenvalue weighted by molar-refractivity contribution is 14.1. The van der Waals surface area contributed by atoms with E-state index in [9.17, 15) is 0 Å². The standard InChI is InChI=1S/C10H15IO3/c1-3-4-5-12-10(7-11)9(2)8(14-9)6-13-10/h3,8H,1,4-7H2,2H3/t8-,9-,10-/m0/s1. The van der Waals surface area contributed by atoms with Gasteiger partial charge in [-0.2, -0.15) is 0 Å². The topological polar surface area (TPSA) is 31.0 Å². The molecule has 2 saturated heterocycles. The van der Waals surface area contributed by atoms with Gasteiger partial charge in [-0.05, 0) is 13.3 Å². The monoisotopic (exact) mass is 310 g/mol. The highest BCUT2D eigenvalue weighted by atomic mass is 127. The van der Waals surface area contributed by atoms with Crippen LogP contribution in [0.15, 0.2) is 12.7 Å². The normalized spacial score (nSPS) is 44.9. The summed E-state index contributed by atoms with van der Waals surface area (Å²) in [6.45, 7) is 7.04. The molecule has 0 amide bonds. The third-order valence-corrected chi connectivity index (χ3v) is 4.01. The molecule has 3 nitrogen and oxygen atoms in total. The molecule has 14 heavy (non-hydrogen) atoms. The average Bonchev–Trinajstić information content (AvgIpc) is 2.78. The van der Waals surface area contributed by atoms with Crippen molar-refractivity contribution >= 4 is 22.6 Å². The number of halogens is 1. The quantitative estimate of drug-likeness (QED) is 0.255. The average molecular weight is 310 g/mol. The van der Waals surface area contributed by atoms with Crippen LogP contribution in [-0.2, 0) is 14.2 Å². The number of alkyl halides is 1. The molecule has 2 heterocycles. The first kappa shape index (κ1) is 10.9. The van der Waals surface area contributed by atoms with Crippen molar-refractivity contribution in [2.24, 2.45) is 0 Å². The molecule has 2 fully saturated rings. The van der Waals surface area contributed by atoms with E-state index in [2.05, 4.69) is 36.1 Å². The van der Waals surface area contributed by atoms with E-state index >= 15 is 0 Å². The summed E-state index contributed by atoms with van der Waals surface area (Å²) in [5.74, 6) is -0.527. The highest BCUT2D eigenvalue weighted by Gasteiger charge is 2.72. The molecule has 0 aromatic heterocycles. The van der Waals surface area contributed by atoms with Crippen molar-refractivity contribution in [2.75, 3.05) is 17.6 Å². The molecular formula is C10H15IO3. The first-order valence-electron chi connectivity index (χ1n) is 4.81. The molecule has 0 radical (unpaired) electrons. The Balaban J connectivity index is 1.99. The maximum absolute atomic E-state index is 5.81. The van der Waals surface area contributed by atoms with E-state index in [0.29, 0.717) is 13.2 Å². The van der Waals surface area contributed by atoms with Crippen LogP contribution >= 0.6 is 22.6 Å². The summed E-state index contributed by atoms with van der Waals surface area (Å²) in [5.41, 5.74) is -0.213. The lowest BCUT2D eigenvalue weighted by Gasteiger charge is -2.32. The van der Waals surface area contributed by atoms with Gasteiger partial charge < -0.3 is 14.2 Å². The van der Waals surface area contributed by atoms with Gasteiger partial charge in [-0.1, -0.05) is 28.7 Å². The Kier molecular flexibility index (Phi) is 2.90. The van der Waals surface area contributed by atoms with Gasteiger partial charge in [0.1, 0.15) is 11.7 Å². The third-order valence-electron chi connectivity index (χ3n) is 3.00. The van der Waals surface area contributed by atoms with Crippen LogP contribution in [0.1, 0.15) is 13.3 Å². The summed E-state index contributed by atoms with van der Waals surface area (Å²) in [6.07, 6.45) is 2.94. The summed E-state index contributed by atoms with van der Waals surface area (Å²) in [4.78, 5) is 0. The molecular weight excluding hydrogens is 295 g/mol. The molecule has 0 bridgehead atoms. The first-order chi connectivity index (χ1) is 6.68. The zero-order valence-corrected chi connectivity index (χ0v) is 10.5. The Morgan fingerprint density at radius 2 is 2.50 bits per heavy atom. The van der Waals surface area contributed by atoms with Crippen LogP contribution in [0.3, 0.4) is 0 Å². The van der Waals surface area contributed by atoms with Crippen molar-refractivity contribution < 1.29 is 14.2 Å². The fourth-order valence-electron chi connectivity index (χ4n) is 1.85. The molecule has 0 aromatic rings. The summed E-state index contributed by atoms with van der Waals surface area (Å²) in [5, 5.41) is 0. The largest absolute Gasteiger partial charge is 0.358 e. The van der Waals surface area contributed by atoms with Crippen LogP contribution in [0.2, 0.25) is 0 Å². The smallest absolute Gasteiger partial charge is 0.209 e. The first-order valence-corrected chi connectivity index (χ1v) is 6.34. The Labute approximate surface area is 97.9 Å². The lowest BCUT2D eigenvalue weighted by Crippen LogP contribution is -2.47. The molecule has 0 N–H and O–H groups in total. The van der Waals surface area contributed by atoms with E-state index in [4.69, 9.17) is 14.2 Å². The minimum Gasteiger partial charge on any atom is -0.358 e. The summed E-state index contributed by atoms with van der Waals surface area (Å²) < 4.78 is 17.9. The maximum Gasteiger partial charge on any atom is 0.209 e. The van der Waals surface area contributed by atoms with Gasteiger partial charge in [-0.25, -0.2) is 0 Å². The van der Waals surface area contributed by atoms with Gasteiger partial charge in [0, 0.05) is 0 Å². The van der Waals surface area contributed by atoms with Gasteiger partial charge in [-0.3, -0.25) is 0 Å². The van der Waals surface area contributed by atoms with Crippen molar-refractivity contribution in [3.63, 3.8) is 0 Å². The Morgan fingerprint density at radius 1 is 1.71 bits per heavy atom. The molecule has 0 unspecified atom stereocenters. The third kappa shape index (κ3) is 1.43. The lowest BCUT2D eigenvalue weighted by atomic mass is 10.0. The summed E-state index contributed by atoms with van der Waals surface area (Å²) in [6, 6.07) is 0. The van der Waals surface area contributed by atoms with Gasteiger partial charge in [0.25, 0.3) is 0 Å². The predicted molar refractivity (Wildman–Crippen MR) is 61.6 cm³/mol. The van der Waals surface area contributed by atoms with Gasteiger partial charge in [-0.15, -0.1) is 6.58 Å². The van der Waals surface area contributed by atoms with Gasteiger partial charge in [0.05, 0.1) is 17.6 Å². The van der Waals surface area contributed by atoms with Crippen molar-refractivity contribution in [3.8, 4) is 0 Å². The van der Waals surface area contributed by atoms with Crippen LogP contribution < -0.4 is 0 Å². The van der Waals surface area contributed by atoms with E-state index in [1.165, 1.54) is 0 Å². The molecule has 0 aliphatic carbocycles. The number of rotatable bonds is 5. The van der Waals surface area contributed by atoms with E-state index in [1.807, 2.05) is 6.08 Å². The fraction of sp³-hybridized carbons (Fsp3) is 0.800. The van der Waals surface area contributed by atoms with E-state index < -0.39 is 5.79 Å². The summed E-state index contributed by atoms with van der Waals surface area (Å²) in [7, 11) is 0. The Morgan fingerprint density at radius 3 is 2.93 bits per heavy atom. The zero-order chi connectivity index (χ0) is 10.2. The second-order valence-electron chi connectivity index (χ2n) is 3.84. The second-order valence-corrected chi connectivity index (χ2v) is 4.60. The van der Waals surface area contributed by atoms with E-state index in [-0.39, 0.29) is 11.7 Å². The SMILES string of the molecule is C=CCCO[C@@]1(CI)OC[C@@H]2O[C@@]21C. The fourth-order valence-corrected chi connectivity index (χ4v) is 3.04. The molecule has 2 aliphatic rings. The number of ether oxygens (including phenoxy) is 3. The highest BCUT2D eigenvalue weighted by Crippen LogP contribution is 2.54. The van der Waals surface area contributed by atoms with Gasteiger partial charge >= 0.3 is 0 Å². The molecule has 2 rings (SSSR count). The van der Waals surface area contributed by atoms with Crippen molar-refractivity contribution in [1.82, 2.24) is 0 Å². The molecule has 4 heteroatoms. The Hall–Kier alpha value is 0.350. The van der Waals surface area contributed by atoms with Crippen LogP contribution in [0.5, 0.6) is 0 Å². The molecule has 0 saturated carbocycles. The van der Waals surface area contributed by atoms with Crippen LogP contribution in [-0.4, -0.2) is 35.1 Å². The van der Waals surface area contributed by atoms with Crippen LogP contribution in [0.25, 0.3) is 0 Å². The van der Waals surface area contributed by atoms with E-state index in [1.54, 1.807) is 0 Å². The molecule has 0 aromatic carbocycles.